The molecule has 1 aromatic heterocycles. The second-order valence-electron chi connectivity index (χ2n) is 9.64. The first kappa shape index (κ1) is 27.2. The molecule has 0 aliphatic rings. The van der Waals surface area contributed by atoms with Crippen molar-refractivity contribution in [1.29, 1.82) is 0 Å². The summed E-state index contributed by atoms with van der Waals surface area (Å²) in [6.07, 6.45) is 0. The van der Waals surface area contributed by atoms with E-state index in [0.717, 1.165) is 11.4 Å². The maximum Gasteiger partial charge on any atom is 0.243 e. The molecule has 0 saturated carbocycles. The number of benzene rings is 2. The number of methoxy groups -OCH3 is 2. The van der Waals surface area contributed by atoms with Gasteiger partial charge in [-0.2, -0.15) is 9.40 Å². The summed E-state index contributed by atoms with van der Waals surface area (Å²) in [5, 5.41) is 7.57. The predicted octanol–water partition coefficient (Wildman–Crippen LogP) is 4.22. The molecule has 0 radical (unpaired) electrons. The van der Waals surface area contributed by atoms with E-state index in [9.17, 15) is 13.2 Å². The van der Waals surface area contributed by atoms with Crippen molar-refractivity contribution in [3.63, 3.8) is 0 Å². The fourth-order valence-electron chi connectivity index (χ4n) is 3.51. The van der Waals surface area contributed by atoms with Crippen LogP contribution in [0.15, 0.2) is 59.5 Å². The first-order chi connectivity index (χ1) is 16.9. The lowest BCUT2D eigenvalue weighted by atomic mass is 9.92. The summed E-state index contributed by atoms with van der Waals surface area (Å²) in [7, 11) is -0.820. The Morgan fingerprint density at radius 1 is 1.00 bits per heavy atom. The molecule has 0 fully saturated rings. The van der Waals surface area contributed by atoms with Crippen molar-refractivity contribution < 1.29 is 22.7 Å². The van der Waals surface area contributed by atoms with Gasteiger partial charge in [-0.25, -0.2) is 13.1 Å². The number of hydrogen-bond donors (Lipinski definition) is 1. The van der Waals surface area contributed by atoms with Gasteiger partial charge in [0.2, 0.25) is 15.9 Å². The van der Waals surface area contributed by atoms with Crippen LogP contribution in [-0.4, -0.2) is 55.2 Å². The minimum absolute atomic E-state index is 0.0862. The summed E-state index contributed by atoms with van der Waals surface area (Å²) in [6, 6.07) is 14.7. The number of carbonyl (C=O) groups is 1. The molecule has 0 bridgehead atoms. The molecule has 0 unspecified atom stereocenters. The molecular weight excluding hydrogens is 480 g/mol. The second-order valence-corrected chi connectivity index (χ2v) is 11.5. The normalized spacial score (nSPS) is 12.1. The van der Waals surface area contributed by atoms with Crippen LogP contribution in [0.4, 0.5) is 5.82 Å². The van der Waals surface area contributed by atoms with Crippen molar-refractivity contribution in [1.82, 2.24) is 14.1 Å². The van der Waals surface area contributed by atoms with Crippen LogP contribution in [0.1, 0.15) is 40.3 Å². The number of anilines is 1. The maximum atomic E-state index is 13.3. The van der Waals surface area contributed by atoms with Crippen molar-refractivity contribution in [2.75, 3.05) is 26.1 Å². The van der Waals surface area contributed by atoms with E-state index >= 15 is 0 Å². The molecule has 0 spiro atoms. The van der Waals surface area contributed by atoms with E-state index in [0.29, 0.717) is 17.3 Å². The van der Waals surface area contributed by atoms with Crippen molar-refractivity contribution in [3.05, 3.63) is 60.3 Å². The van der Waals surface area contributed by atoms with E-state index in [-0.39, 0.29) is 16.9 Å². The van der Waals surface area contributed by atoms with E-state index in [2.05, 4.69) is 5.32 Å². The van der Waals surface area contributed by atoms with E-state index < -0.39 is 22.0 Å². The van der Waals surface area contributed by atoms with Gasteiger partial charge < -0.3 is 14.8 Å². The SMILES string of the molecule is COc1ccc(-n2nc(C(C)(C)C)cc2NC(=O)CN(C(C)C)S(=O)(=O)c2ccc(OC)cc2)cc1. The smallest absolute Gasteiger partial charge is 0.243 e. The van der Waals surface area contributed by atoms with Crippen LogP contribution in [0, 0.1) is 0 Å². The Labute approximate surface area is 213 Å². The molecule has 1 heterocycles. The van der Waals surface area contributed by atoms with Gasteiger partial charge in [0.15, 0.2) is 0 Å². The quantitative estimate of drug-likeness (QED) is 0.459. The van der Waals surface area contributed by atoms with Crippen LogP contribution < -0.4 is 14.8 Å². The number of amides is 1. The van der Waals surface area contributed by atoms with Gasteiger partial charge in [0.25, 0.3) is 0 Å². The summed E-state index contributed by atoms with van der Waals surface area (Å²) in [5.74, 6) is 1.21. The molecule has 0 aliphatic carbocycles. The van der Waals surface area contributed by atoms with Gasteiger partial charge in [-0.3, -0.25) is 4.79 Å². The third-order valence-electron chi connectivity index (χ3n) is 5.60. The summed E-state index contributed by atoms with van der Waals surface area (Å²) in [6.45, 7) is 9.19. The zero-order valence-corrected chi connectivity index (χ0v) is 22.6. The van der Waals surface area contributed by atoms with Gasteiger partial charge in [0.05, 0.1) is 37.0 Å². The lowest BCUT2D eigenvalue weighted by molar-refractivity contribution is -0.116. The summed E-state index contributed by atoms with van der Waals surface area (Å²) in [5.41, 5.74) is 1.24. The van der Waals surface area contributed by atoms with Crippen LogP contribution in [0.3, 0.4) is 0 Å². The van der Waals surface area contributed by atoms with Crippen LogP contribution in [0.25, 0.3) is 5.69 Å². The number of carbonyl (C=O) groups excluding carboxylic acids is 1. The Hall–Kier alpha value is -3.37. The Kier molecular flexibility index (Phi) is 8.10. The number of sulfonamides is 1. The van der Waals surface area contributed by atoms with Gasteiger partial charge in [-0.05, 0) is 62.4 Å². The molecule has 1 N–H and O–H groups in total. The molecule has 36 heavy (non-hydrogen) atoms. The lowest BCUT2D eigenvalue weighted by Crippen LogP contribution is -2.42. The van der Waals surface area contributed by atoms with Crippen molar-refractivity contribution >= 4 is 21.7 Å². The summed E-state index contributed by atoms with van der Waals surface area (Å²) < 4.78 is 39.8. The van der Waals surface area contributed by atoms with E-state index in [1.165, 1.54) is 23.5 Å². The molecule has 3 rings (SSSR count). The Balaban J connectivity index is 1.90. The molecule has 3 aromatic rings. The number of hydrogen-bond acceptors (Lipinski definition) is 6. The summed E-state index contributed by atoms with van der Waals surface area (Å²) >= 11 is 0. The number of rotatable bonds is 9. The standard InChI is InChI=1S/C26H34N4O5S/c1-18(2)29(36(32,33)22-14-12-21(35-7)13-15-22)17-25(31)27-24-16-23(26(3,4)5)28-30(24)19-8-10-20(34-6)11-9-19/h8-16,18H,17H2,1-7H3,(H,27,31). The molecule has 0 aliphatic heterocycles. The van der Waals surface area contributed by atoms with Crippen molar-refractivity contribution in [2.45, 2.75) is 51.0 Å². The molecule has 0 atom stereocenters. The lowest BCUT2D eigenvalue weighted by Gasteiger charge is -2.25. The zero-order chi connectivity index (χ0) is 26.7. The zero-order valence-electron chi connectivity index (χ0n) is 21.8. The highest BCUT2D eigenvalue weighted by molar-refractivity contribution is 7.89. The first-order valence-electron chi connectivity index (χ1n) is 11.6. The molecule has 10 heteroatoms. The van der Waals surface area contributed by atoms with E-state index in [1.807, 2.05) is 32.9 Å². The van der Waals surface area contributed by atoms with Gasteiger partial charge >= 0.3 is 0 Å². The molecule has 1 amide bonds. The fourth-order valence-corrected chi connectivity index (χ4v) is 5.10. The maximum absolute atomic E-state index is 13.3. The highest BCUT2D eigenvalue weighted by Crippen LogP contribution is 2.27. The highest BCUT2D eigenvalue weighted by Gasteiger charge is 2.30. The average molecular weight is 515 g/mol. The summed E-state index contributed by atoms with van der Waals surface area (Å²) in [4.78, 5) is 13.2. The Morgan fingerprint density at radius 2 is 1.53 bits per heavy atom. The topological polar surface area (TPSA) is 103 Å². The molecule has 9 nitrogen and oxygen atoms in total. The molecule has 2 aromatic carbocycles. The molecular formula is C26H34N4O5S. The third-order valence-corrected chi connectivity index (χ3v) is 7.64. The molecule has 194 valence electrons. The van der Waals surface area contributed by atoms with Crippen LogP contribution in [0.5, 0.6) is 11.5 Å². The third kappa shape index (κ3) is 6.06. The van der Waals surface area contributed by atoms with Crippen molar-refractivity contribution in [3.8, 4) is 17.2 Å². The highest BCUT2D eigenvalue weighted by atomic mass is 32.2. The minimum atomic E-state index is -3.92. The first-order valence-corrected chi connectivity index (χ1v) is 13.0. The minimum Gasteiger partial charge on any atom is -0.497 e. The van der Waals surface area contributed by atoms with Crippen LogP contribution >= 0.6 is 0 Å². The van der Waals surface area contributed by atoms with Gasteiger partial charge in [-0.1, -0.05) is 20.8 Å². The number of aromatic nitrogens is 2. The Bertz CT molecular complexity index is 1290. The second kappa shape index (κ2) is 10.7. The van der Waals surface area contributed by atoms with E-state index in [1.54, 1.807) is 56.0 Å². The van der Waals surface area contributed by atoms with Crippen LogP contribution in [0.2, 0.25) is 0 Å². The number of nitrogens with one attached hydrogen (secondary N) is 1. The van der Waals surface area contributed by atoms with Gasteiger partial charge in [-0.15, -0.1) is 0 Å². The largest absolute Gasteiger partial charge is 0.497 e. The Morgan fingerprint density at radius 3 is 2.00 bits per heavy atom. The van der Waals surface area contributed by atoms with E-state index in [4.69, 9.17) is 14.6 Å². The number of nitrogens with zero attached hydrogens (tertiary/aromatic N) is 3. The number of ether oxygens (including phenoxy) is 2. The van der Waals surface area contributed by atoms with Gasteiger partial charge in [0, 0.05) is 17.5 Å². The van der Waals surface area contributed by atoms with Crippen LogP contribution in [-0.2, 0) is 20.2 Å². The molecule has 0 saturated heterocycles. The predicted molar refractivity (Wildman–Crippen MR) is 139 cm³/mol. The monoisotopic (exact) mass is 514 g/mol. The van der Waals surface area contributed by atoms with Crippen molar-refractivity contribution in [2.24, 2.45) is 0 Å². The average Bonchev–Trinajstić information content (AvgIpc) is 3.26. The fraction of sp³-hybridized carbons (Fsp3) is 0.385. The van der Waals surface area contributed by atoms with Gasteiger partial charge in [0.1, 0.15) is 17.3 Å².